The number of aryl methyl sites for hydroxylation is 1. The van der Waals surface area contributed by atoms with Crippen LogP contribution >= 0.6 is 11.3 Å². The Kier molecular flexibility index (Phi) is 3.61. The number of nitrogens with two attached hydrogens (primary N) is 1. The van der Waals surface area contributed by atoms with Crippen LogP contribution in [-0.2, 0) is 11.8 Å². The topological polar surface area (TPSA) is 103 Å². The second-order valence-corrected chi connectivity index (χ2v) is 5.05. The van der Waals surface area contributed by atoms with E-state index in [0.29, 0.717) is 15.8 Å². The first kappa shape index (κ1) is 13.2. The largest absolute Gasteiger partial charge is 0.374 e. The molecule has 1 atom stereocenters. The van der Waals surface area contributed by atoms with E-state index in [1.54, 1.807) is 36.9 Å². The first-order valence-electron chi connectivity index (χ1n) is 5.54. The van der Waals surface area contributed by atoms with Crippen molar-refractivity contribution in [3.05, 3.63) is 29.0 Å². The van der Waals surface area contributed by atoms with E-state index in [2.05, 4.69) is 15.5 Å². The number of hydrogen-bond acceptors (Lipinski definition) is 6. The summed E-state index contributed by atoms with van der Waals surface area (Å²) >= 11 is 1.17. The van der Waals surface area contributed by atoms with Crippen LogP contribution in [0, 0.1) is 0 Å². The van der Waals surface area contributed by atoms with E-state index in [0.717, 1.165) is 0 Å². The number of hydrogen-bond donors (Lipinski definition) is 2. The van der Waals surface area contributed by atoms with Gasteiger partial charge in [0.1, 0.15) is 5.01 Å². The fourth-order valence-corrected chi connectivity index (χ4v) is 2.17. The smallest absolute Gasteiger partial charge is 0.294 e. The van der Waals surface area contributed by atoms with Gasteiger partial charge in [-0.05, 0) is 19.1 Å². The van der Waals surface area contributed by atoms with Gasteiger partial charge in [0.15, 0.2) is 0 Å². The highest BCUT2D eigenvalue weighted by Gasteiger charge is 2.22. The van der Waals surface area contributed by atoms with E-state index in [4.69, 9.17) is 5.73 Å². The molecule has 100 valence electrons. The van der Waals surface area contributed by atoms with Crippen molar-refractivity contribution in [3.63, 3.8) is 0 Å². The molecule has 0 saturated heterocycles. The van der Waals surface area contributed by atoms with E-state index >= 15 is 0 Å². The molecule has 0 unspecified atom stereocenters. The zero-order chi connectivity index (χ0) is 14.0. The predicted octanol–water partition coefficient (Wildman–Crippen LogP) is 0.519. The first-order valence-corrected chi connectivity index (χ1v) is 6.36. The number of nitrogens with one attached hydrogen (secondary N) is 1. The number of amides is 1. The van der Waals surface area contributed by atoms with Crippen LogP contribution in [0.15, 0.2) is 18.3 Å². The Bertz CT molecular complexity index is 618. The summed E-state index contributed by atoms with van der Waals surface area (Å²) in [5.41, 5.74) is 5.80. The van der Waals surface area contributed by atoms with Gasteiger partial charge in [0.25, 0.3) is 11.7 Å². The lowest BCUT2D eigenvalue weighted by atomic mass is 10.2. The maximum absolute atomic E-state index is 11.9. The second kappa shape index (κ2) is 5.19. The highest BCUT2D eigenvalue weighted by molar-refractivity contribution is 7.15. The molecule has 8 heteroatoms. The molecular formula is C11H13N5O2S. The second-order valence-electron chi connectivity index (χ2n) is 4.01. The lowest BCUT2D eigenvalue weighted by molar-refractivity contribution is -0.117. The molecule has 0 spiro atoms. The van der Waals surface area contributed by atoms with Gasteiger partial charge in [-0.3, -0.25) is 9.59 Å². The maximum atomic E-state index is 11.9. The number of Topliss-reactive ketones (excluding diaryl/α,β-unsaturated/α-hetero) is 1. The average molecular weight is 279 g/mol. The minimum absolute atomic E-state index is 0.324. The fraction of sp³-hybridized carbons (Fsp3) is 0.273. The van der Waals surface area contributed by atoms with Crippen LogP contribution in [0.25, 0.3) is 0 Å². The van der Waals surface area contributed by atoms with Crippen LogP contribution in [0.1, 0.15) is 28.5 Å². The molecule has 1 amide bonds. The minimum atomic E-state index is -0.678. The summed E-state index contributed by atoms with van der Waals surface area (Å²) in [5.74, 6) is -1.26. The summed E-state index contributed by atoms with van der Waals surface area (Å²) in [6.07, 6.45) is 1.70. The summed E-state index contributed by atoms with van der Waals surface area (Å²) in [7, 11) is 1.70. The minimum Gasteiger partial charge on any atom is -0.374 e. The molecule has 0 saturated carbocycles. The standard InChI is InChI=1S/C11H13N5O2S/c1-6(10-14-15-11(12)19-10)13-9(18)8(17)7-4-3-5-16(7)2/h3-6H,1-2H3,(H2,12,15)(H,13,18)/t6-/m1/s1. The number of nitrogen functional groups attached to an aromatic ring is 1. The van der Waals surface area contributed by atoms with Gasteiger partial charge in [0, 0.05) is 13.2 Å². The van der Waals surface area contributed by atoms with Crippen LogP contribution in [0.3, 0.4) is 0 Å². The number of ketones is 1. The Labute approximate surface area is 113 Å². The summed E-state index contributed by atoms with van der Waals surface area (Å²) in [4.78, 5) is 23.7. The lowest BCUT2D eigenvalue weighted by Crippen LogP contribution is -2.34. The molecule has 2 rings (SSSR count). The number of rotatable bonds is 4. The van der Waals surface area contributed by atoms with E-state index in [9.17, 15) is 9.59 Å². The van der Waals surface area contributed by atoms with Crippen LogP contribution in [0.4, 0.5) is 5.13 Å². The molecule has 0 radical (unpaired) electrons. The van der Waals surface area contributed by atoms with Crippen LogP contribution in [-0.4, -0.2) is 26.5 Å². The Morgan fingerprint density at radius 2 is 2.21 bits per heavy atom. The Balaban J connectivity index is 2.05. The van der Waals surface area contributed by atoms with Gasteiger partial charge < -0.3 is 15.6 Å². The summed E-state index contributed by atoms with van der Waals surface area (Å²) in [6.45, 7) is 1.72. The molecule has 0 fully saturated rings. The van der Waals surface area contributed by atoms with Gasteiger partial charge in [0.2, 0.25) is 5.13 Å². The molecule has 2 heterocycles. The third-order valence-corrected chi connectivity index (χ3v) is 3.49. The SMILES string of the molecule is C[C@@H](NC(=O)C(=O)c1cccn1C)c1nnc(N)s1. The molecule has 7 nitrogen and oxygen atoms in total. The Hall–Kier alpha value is -2.22. The van der Waals surface area contributed by atoms with E-state index in [1.807, 2.05) is 0 Å². The molecule has 0 aliphatic carbocycles. The molecule has 0 bridgehead atoms. The summed E-state index contributed by atoms with van der Waals surface area (Å²) < 4.78 is 1.59. The zero-order valence-corrected chi connectivity index (χ0v) is 11.3. The van der Waals surface area contributed by atoms with Crippen LogP contribution in [0.5, 0.6) is 0 Å². The van der Waals surface area contributed by atoms with E-state index in [-0.39, 0.29) is 0 Å². The molecular weight excluding hydrogens is 266 g/mol. The van der Waals surface area contributed by atoms with Crippen molar-refractivity contribution >= 4 is 28.2 Å². The number of anilines is 1. The third kappa shape index (κ3) is 2.79. The van der Waals surface area contributed by atoms with Crippen LogP contribution < -0.4 is 11.1 Å². The van der Waals surface area contributed by atoms with E-state index in [1.165, 1.54) is 11.3 Å². The molecule has 0 aromatic carbocycles. The van der Waals surface area contributed by atoms with Crippen LogP contribution in [0.2, 0.25) is 0 Å². The molecule has 2 aromatic heterocycles. The molecule has 2 aromatic rings. The zero-order valence-electron chi connectivity index (χ0n) is 10.5. The number of nitrogens with zero attached hydrogens (tertiary/aromatic N) is 3. The average Bonchev–Trinajstić information content (AvgIpc) is 2.97. The monoisotopic (exact) mass is 279 g/mol. The van der Waals surface area contributed by atoms with Crippen molar-refractivity contribution in [2.75, 3.05) is 5.73 Å². The maximum Gasteiger partial charge on any atom is 0.294 e. The van der Waals surface area contributed by atoms with Gasteiger partial charge in [-0.1, -0.05) is 11.3 Å². The highest BCUT2D eigenvalue weighted by atomic mass is 32.1. The fourth-order valence-electron chi connectivity index (χ4n) is 1.56. The Morgan fingerprint density at radius 3 is 2.74 bits per heavy atom. The summed E-state index contributed by atoms with van der Waals surface area (Å²) in [5, 5.41) is 10.9. The third-order valence-electron chi connectivity index (χ3n) is 2.56. The van der Waals surface area contributed by atoms with Gasteiger partial charge in [-0.25, -0.2) is 0 Å². The normalized spacial score (nSPS) is 12.1. The van der Waals surface area contributed by atoms with Crippen molar-refractivity contribution in [2.45, 2.75) is 13.0 Å². The van der Waals surface area contributed by atoms with Crippen molar-refractivity contribution in [1.82, 2.24) is 20.1 Å². The number of aromatic nitrogens is 3. The van der Waals surface area contributed by atoms with Crippen molar-refractivity contribution in [1.29, 1.82) is 0 Å². The van der Waals surface area contributed by atoms with Crippen molar-refractivity contribution in [2.24, 2.45) is 7.05 Å². The lowest BCUT2D eigenvalue weighted by Gasteiger charge is -2.10. The predicted molar refractivity (Wildman–Crippen MR) is 70.6 cm³/mol. The molecule has 3 N–H and O–H groups in total. The molecule has 19 heavy (non-hydrogen) atoms. The van der Waals surface area contributed by atoms with Gasteiger partial charge in [-0.15, -0.1) is 10.2 Å². The summed E-state index contributed by atoms with van der Waals surface area (Å²) in [6, 6.07) is 2.89. The van der Waals surface area contributed by atoms with Gasteiger partial charge >= 0.3 is 0 Å². The van der Waals surface area contributed by atoms with E-state index < -0.39 is 17.7 Å². The number of carbonyl (C=O) groups excluding carboxylic acids is 2. The number of carbonyl (C=O) groups is 2. The van der Waals surface area contributed by atoms with Gasteiger partial charge in [-0.2, -0.15) is 0 Å². The quantitative estimate of drug-likeness (QED) is 0.627. The Morgan fingerprint density at radius 1 is 1.47 bits per heavy atom. The van der Waals surface area contributed by atoms with Gasteiger partial charge in [0.05, 0.1) is 11.7 Å². The molecule has 0 aliphatic rings. The van der Waals surface area contributed by atoms with Crippen molar-refractivity contribution < 1.29 is 9.59 Å². The highest BCUT2D eigenvalue weighted by Crippen LogP contribution is 2.18. The van der Waals surface area contributed by atoms with Crippen molar-refractivity contribution in [3.8, 4) is 0 Å². The molecule has 0 aliphatic heterocycles. The first-order chi connectivity index (χ1) is 8.99.